The molecular formula is C9H20O3S. The first kappa shape index (κ1) is 13.2. The van der Waals surface area contributed by atoms with Crippen molar-refractivity contribution in [2.75, 3.05) is 31.8 Å². The minimum absolute atomic E-state index is 0.0614. The molecule has 0 aromatic carbocycles. The van der Waals surface area contributed by atoms with E-state index in [0.717, 1.165) is 11.5 Å². The molecule has 0 saturated heterocycles. The van der Waals surface area contributed by atoms with Gasteiger partial charge in [-0.05, 0) is 12.7 Å². The molecule has 0 rings (SSSR count). The molecule has 13 heavy (non-hydrogen) atoms. The smallest absolute Gasteiger partial charge is 0.0863 e. The van der Waals surface area contributed by atoms with E-state index < -0.39 is 0 Å². The standard InChI is InChI=1S/C9H20O3S/c1-4-13-7-9(10)6-12-8(2)5-11-3/h8-10H,4-7H2,1-3H3. The maximum Gasteiger partial charge on any atom is 0.0863 e. The fourth-order valence-corrected chi connectivity index (χ4v) is 1.46. The lowest BCUT2D eigenvalue weighted by molar-refractivity contribution is -0.0257. The second kappa shape index (κ2) is 8.81. The molecule has 0 saturated carbocycles. The molecule has 0 aliphatic carbocycles. The minimum Gasteiger partial charge on any atom is -0.390 e. The highest BCUT2D eigenvalue weighted by Gasteiger charge is 2.07. The van der Waals surface area contributed by atoms with Crippen LogP contribution in [0.2, 0.25) is 0 Å². The van der Waals surface area contributed by atoms with Gasteiger partial charge in [0.15, 0.2) is 0 Å². The lowest BCUT2D eigenvalue weighted by atomic mass is 10.4. The van der Waals surface area contributed by atoms with Crippen molar-refractivity contribution in [1.82, 2.24) is 0 Å². The van der Waals surface area contributed by atoms with Gasteiger partial charge in [0.2, 0.25) is 0 Å². The van der Waals surface area contributed by atoms with Crippen LogP contribution in [0.3, 0.4) is 0 Å². The SMILES string of the molecule is CCSCC(O)COC(C)COC. The van der Waals surface area contributed by atoms with Gasteiger partial charge in [0, 0.05) is 12.9 Å². The molecular weight excluding hydrogens is 188 g/mol. The van der Waals surface area contributed by atoms with E-state index in [1.54, 1.807) is 18.9 Å². The number of hydrogen-bond acceptors (Lipinski definition) is 4. The van der Waals surface area contributed by atoms with Gasteiger partial charge in [0.05, 0.1) is 25.4 Å². The molecule has 0 amide bonds. The first-order chi connectivity index (χ1) is 6.20. The normalized spacial score (nSPS) is 15.7. The number of aliphatic hydroxyl groups excluding tert-OH is 1. The van der Waals surface area contributed by atoms with Crippen molar-refractivity contribution in [1.29, 1.82) is 0 Å². The quantitative estimate of drug-likeness (QED) is 0.649. The summed E-state index contributed by atoms with van der Waals surface area (Å²) in [6.45, 7) is 4.99. The van der Waals surface area contributed by atoms with E-state index in [4.69, 9.17) is 9.47 Å². The Morgan fingerprint density at radius 2 is 2.08 bits per heavy atom. The Labute approximate surface area is 84.8 Å². The van der Waals surface area contributed by atoms with Gasteiger partial charge >= 0.3 is 0 Å². The molecule has 0 bridgehead atoms. The van der Waals surface area contributed by atoms with Crippen molar-refractivity contribution in [3.63, 3.8) is 0 Å². The monoisotopic (exact) mass is 208 g/mol. The van der Waals surface area contributed by atoms with Crippen LogP contribution in [0.1, 0.15) is 13.8 Å². The summed E-state index contributed by atoms with van der Waals surface area (Å²) in [6, 6.07) is 0. The number of hydrogen-bond donors (Lipinski definition) is 1. The van der Waals surface area contributed by atoms with Crippen molar-refractivity contribution in [3.05, 3.63) is 0 Å². The van der Waals surface area contributed by atoms with Crippen LogP contribution in [0.5, 0.6) is 0 Å². The van der Waals surface area contributed by atoms with Crippen LogP contribution in [0.25, 0.3) is 0 Å². The zero-order valence-electron chi connectivity index (χ0n) is 8.66. The largest absolute Gasteiger partial charge is 0.390 e. The molecule has 0 aliphatic heterocycles. The summed E-state index contributed by atoms with van der Waals surface area (Å²) in [6.07, 6.45) is -0.296. The first-order valence-electron chi connectivity index (χ1n) is 4.57. The Balaban J connectivity index is 3.29. The molecule has 0 fully saturated rings. The van der Waals surface area contributed by atoms with E-state index in [1.165, 1.54) is 0 Å². The molecule has 0 heterocycles. The number of rotatable bonds is 8. The molecule has 0 aromatic rings. The Morgan fingerprint density at radius 3 is 2.62 bits per heavy atom. The summed E-state index contributed by atoms with van der Waals surface area (Å²) in [5.74, 6) is 1.78. The third kappa shape index (κ3) is 8.56. The van der Waals surface area contributed by atoms with Gasteiger partial charge in [-0.1, -0.05) is 6.92 Å². The van der Waals surface area contributed by atoms with E-state index in [2.05, 4.69) is 6.92 Å². The summed E-state index contributed by atoms with van der Waals surface area (Å²) < 4.78 is 10.3. The molecule has 0 radical (unpaired) electrons. The lowest BCUT2D eigenvalue weighted by Gasteiger charge is -2.15. The topological polar surface area (TPSA) is 38.7 Å². The highest BCUT2D eigenvalue weighted by atomic mass is 32.2. The molecule has 3 nitrogen and oxygen atoms in total. The Morgan fingerprint density at radius 1 is 1.38 bits per heavy atom. The third-order valence-electron chi connectivity index (χ3n) is 1.49. The molecule has 0 aromatic heterocycles. The van der Waals surface area contributed by atoms with Gasteiger partial charge in [-0.2, -0.15) is 11.8 Å². The molecule has 80 valence electrons. The summed E-state index contributed by atoms with van der Waals surface area (Å²) in [5.41, 5.74) is 0. The van der Waals surface area contributed by atoms with Gasteiger partial charge in [-0.25, -0.2) is 0 Å². The van der Waals surface area contributed by atoms with Crippen molar-refractivity contribution >= 4 is 11.8 Å². The fraction of sp³-hybridized carbons (Fsp3) is 1.00. The third-order valence-corrected chi connectivity index (χ3v) is 2.52. The first-order valence-corrected chi connectivity index (χ1v) is 5.72. The molecule has 0 aliphatic rings. The molecule has 2 atom stereocenters. The van der Waals surface area contributed by atoms with Gasteiger partial charge < -0.3 is 14.6 Å². The van der Waals surface area contributed by atoms with E-state index in [9.17, 15) is 5.11 Å². The van der Waals surface area contributed by atoms with E-state index in [-0.39, 0.29) is 12.2 Å². The summed E-state index contributed by atoms with van der Waals surface area (Å²) in [4.78, 5) is 0. The summed E-state index contributed by atoms with van der Waals surface area (Å²) in [5, 5.41) is 9.41. The molecule has 2 unspecified atom stereocenters. The van der Waals surface area contributed by atoms with Crippen LogP contribution in [-0.4, -0.2) is 49.1 Å². The molecule has 0 spiro atoms. The molecule has 1 N–H and O–H groups in total. The predicted octanol–water partition coefficient (Wildman–Crippen LogP) is 1.15. The van der Waals surface area contributed by atoms with Crippen molar-refractivity contribution in [3.8, 4) is 0 Å². The van der Waals surface area contributed by atoms with E-state index >= 15 is 0 Å². The highest BCUT2D eigenvalue weighted by molar-refractivity contribution is 7.99. The number of aliphatic hydroxyl groups is 1. The second-order valence-electron chi connectivity index (χ2n) is 2.91. The van der Waals surface area contributed by atoms with Crippen LogP contribution in [0, 0.1) is 0 Å². The number of ether oxygens (including phenoxy) is 2. The van der Waals surface area contributed by atoms with Crippen molar-refractivity contribution in [2.45, 2.75) is 26.1 Å². The second-order valence-corrected chi connectivity index (χ2v) is 4.23. The zero-order valence-corrected chi connectivity index (χ0v) is 9.47. The van der Waals surface area contributed by atoms with Crippen molar-refractivity contribution in [2.24, 2.45) is 0 Å². The average molecular weight is 208 g/mol. The number of thioether (sulfide) groups is 1. The predicted molar refractivity (Wildman–Crippen MR) is 56.3 cm³/mol. The minimum atomic E-state index is -0.357. The molecule has 4 heteroatoms. The zero-order chi connectivity index (χ0) is 10.1. The van der Waals surface area contributed by atoms with Gasteiger partial charge in [0.1, 0.15) is 0 Å². The fourth-order valence-electron chi connectivity index (χ4n) is 0.860. The summed E-state index contributed by atoms with van der Waals surface area (Å²) in [7, 11) is 1.64. The highest BCUT2D eigenvalue weighted by Crippen LogP contribution is 2.03. The van der Waals surface area contributed by atoms with Crippen LogP contribution in [0.15, 0.2) is 0 Å². The van der Waals surface area contributed by atoms with Crippen LogP contribution < -0.4 is 0 Å². The number of methoxy groups -OCH3 is 1. The Hall–Kier alpha value is 0.230. The maximum absolute atomic E-state index is 9.41. The summed E-state index contributed by atoms with van der Waals surface area (Å²) >= 11 is 1.72. The lowest BCUT2D eigenvalue weighted by Crippen LogP contribution is -2.24. The van der Waals surface area contributed by atoms with Gasteiger partial charge in [-0.3, -0.25) is 0 Å². The van der Waals surface area contributed by atoms with Gasteiger partial charge in [0.25, 0.3) is 0 Å². The van der Waals surface area contributed by atoms with Crippen LogP contribution in [-0.2, 0) is 9.47 Å². The van der Waals surface area contributed by atoms with E-state index in [1.807, 2.05) is 6.92 Å². The average Bonchev–Trinajstić information content (AvgIpc) is 2.12. The van der Waals surface area contributed by atoms with Gasteiger partial charge in [-0.15, -0.1) is 0 Å². The van der Waals surface area contributed by atoms with Crippen LogP contribution >= 0.6 is 11.8 Å². The van der Waals surface area contributed by atoms with E-state index in [0.29, 0.717) is 13.2 Å². The van der Waals surface area contributed by atoms with Crippen molar-refractivity contribution < 1.29 is 14.6 Å². The van der Waals surface area contributed by atoms with Crippen LogP contribution in [0.4, 0.5) is 0 Å². The maximum atomic E-state index is 9.41. The Kier molecular flexibility index (Phi) is 8.97. The Bertz CT molecular complexity index is 111.